The molecule has 0 heterocycles. The molecule has 0 bridgehead atoms. The summed E-state index contributed by atoms with van der Waals surface area (Å²) < 4.78 is 30.4. The van der Waals surface area contributed by atoms with Gasteiger partial charge in [0.25, 0.3) is 0 Å². The van der Waals surface area contributed by atoms with Gasteiger partial charge in [0.05, 0.1) is 18.8 Å². The zero-order valence-electron chi connectivity index (χ0n) is 13.2. The Kier molecular flexibility index (Phi) is 12.5. The maximum absolute atomic E-state index is 10.8. The molecule has 9 heteroatoms. The zero-order chi connectivity index (χ0) is 18.5. The molecule has 0 unspecified atom stereocenters. The van der Waals surface area contributed by atoms with Crippen LogP contribution in [0.4, 0.5) is 0 Å². The molecule has 0 aromatic carbocycles. The van der Waals surface area contributed by atoms with Gasteiger partial charge in [0.1, 0.15) is 16.4 Å². The van der Waals surface area contributed by atoms with Crippen molar-refractivity contribution in [3.05, 3.63) is 24.8 Å². The highest BCUT2D eigenvalue weighted by Crippen LogP contribution is 1.95. The lowest BCUT2D eigenvalue weighted by Crippen LogP contribution is -2.10. The van der Waals surface area contributed by atoms with Crippen molar-refractivity contribution in [3.8, 4) is 0 Å². The second-order valence-corrected chi connectivity index (χ2v) is 6.67. The summed E-state index contributed by atoms with van der Waals surface area (Å²) in [4.78, 5) is 30.9. The van der Waals surface area contributed by atoms with Crippen molar-refractivity contribution < 1.29 is 37.4 Å². The molecule has 0 fully saturated rings. The standard InChI is InChI=1S/C8H14O4S.C6H8O4/c1-7(2)8(9)12-5-4-6-13(3,10)11;1-2-6(9)10-4-3-5(7)8/h1,4-6H2,2-3H3;2H,1,3-4H2,(H,7,8). The first kappa shape index (κ1) is 23.1. The molecule has 0 saturated heterocycles. The first-order valence-corrected chi connectivity index (χ1v) is 8.57. The van der Waals surface area contributed by atoms with Crippen molar-refractivity contribution in [2.75, 3.05) is 25.2 Å². The first-order valence-electron chi connectivity index (χ1n) is 6.51. The van der Waals surface area contributed by atoms with Crippen LogP contribution in [0.3, 0.4) is 0 Å². The van der Waals surface area contributed by atoms with Gasteiger partial charge in [0.15, 0.2) is 0 Å². The molecule has 132 valence electrons. The number of hydrogen-bond donors (Lipinski definition) is 1. The van der Waals surface area contributed by atoms with Crippen LogP contribution in [0.5, 0.6) is 0 Å². The number of rotatable bonds is 9. The van der Waals surface area contributed by atoms with Crippen molar-refractivity contribution in [1.29, 1.82) is 0 Å². The number of aliphatic carboxylic acids is 1. The molecule has 0 amide bonds. The van der Waals surface area contributed by atoms with Gasteiger partial charge in [0.2, 0.25) is 0 Å². The molecular formula is C14H22O8S. The molecule has 0 aromatic rings. The predicted octanol–water partition coefficient (Wildman–Crippen LogP) is 0.731. The number of carbonyl (C=O) groups is 3. The Morgan fingerprint density at radius 3 is 2.13 bits per heavy atom. The van der Waals surface area contributed by atoms with Crippen LogP contribution in [0.25, 0.3) is 0 Å². The minimum absolute atomic E-state index is 0.0382. The topological polar surface area (TPSA) is 124 Å². The number of ether oxygens (including phenoxy) is 2. The second-order valence-electron chi connectivity index (χ2n) is 4.42. The summed E-state index contributed by atoms with van der Waals surface area (Å²) in [5, 5.41) is 8.08. The Hall–Kier alpha value is -2.16. The molecule has 0 spiro atoms. The van der Waals surface area contributed by atoms with Gasteiger partial charge >= 0.3 is 17.9 Å². The number of carbonyl (C=O) groups excluding carboxylic acids is 2. The maximum Gasteiger partial charge on any atom is 0.333 e. The SMILES string of the molecule is C=C(C)C(=O)OCCCS(C)(=O)=O.C=CC(=O)OCCC(=O)O. The number of carboxylic acid groups (broad SMARTS) is 1. The van der Waals surface area contributed by atoms with E-state index in [-0.39, 0.29) is 25.4 Å². The summed E-state index contributed by atoms with van der Waals surface area (Å²) in [7, 11) is -2.96. The molecule has 0 aliphatic carbocycles. The van der Waals surface area contributed by atoms with E-state index in [1.165, 1.54) is 0 Å². The van der Waals surface area contributed by atoms with Crippen LogP contribution in [0.1, 0.15) is 19.8 Å². The lowest BCUT2D eigenvalue weighted by molar-refractivity contribution is -0.143. The molecule has 23 heavy (non-hydrogen) atoms. The van der Waals surface area contributed by atoms with Crippen molar-refractivity contribution in [2.45, 2.75) is 19.8 Å². The largest absolute Gasteiger partial charge is 0.481 e. The van der Waals surface area contributed by atoms with E-state index in [0.717, 1.165) is 12.3 Å². The van der Waals surface area contributed by atoms with Gasteiger partial charge in [-0.1, -0.05) is 13.2 Å². The Balaban J connectivity index is 0. The molecule has 0 saturated carbocycles. The normalized spacial score (nSPS) is 9.83. The van der Waals surface area contributed by atoms with Crippen LogP contribution in [0.15, 0.2) is 24.8 Å². The van der Waals surface area contributed by atoms with E-state index < -0.39 is 27.7 Å². The van der Waals surface area contributed by atoms with Gasteiger partial charge in [-0.05, 0) is 13.3 Å². The highest BCUT2D eigenvalue weighted by molar-refractivity contribution is 7.90. The van der Waals surface area contributed by atoms with Crippen LogP contribution in [-0.2, 0) is 33.7 Å². The minimum Gasteiger partial charge on any atom is -0.481 e. The molecule has 0 aliphatic rings. The van der Waals surface area contributed by atoms with Gasteiger partial charge in [-0.15, -0.1) is 0 Å². The van der Waals surface area contributed by atoms with Crippen LogP contribution in [-0.4, -0.2) is 56.7 Å². The minimum atomic E-state index is -2.96. The van der Waals surface area contributed by atoms with E-state index in [2.05, 4.69) is 17.9 Å². The van der Waals surface area contributed by atoms with Crippen LogP contribution < -0.4 is 0 Å². The molecule has 8 nitrogen and oxygen atoms in total. The quantitative estimate of drug-likeness (QED) is 0.367. The fourth-order valence-electron chi connectivity index (χ4n) is 0.907. The predicted molar refractivity (Wildman–Crippen MR) is 83.5 cm³/mol. The number of esters is 2. The van der Waals surface area contributed by atoms with Crippen LogP contribution in [0.2, 0.25) is 0 Å². The summed E-state index contributed by atoms with van der Waals surface area (Å²) in [6, 6.07) is 0. The smallest absolute Gasteiger partial charge is 0.333 e. The molecular weight excluding hydrogens is 328 g/mol. The zero-order valence-corrected chi connectivity index (χ0v) is 14.1. The first-order chi connectivity index (χ1) is 10.5. The Labute approximate surface area is 135 Å². The average Bonchev–Trinajstić information content (AvgIpc) is 2.42. The Bertz CT molecular complexity index is 533. The summed E-state index contributed by atoms with van der Waals surface area (Å²) in [6.45, 7) is 8.09. The van der Waals surface area contributed by atoms with Crippen LogP contribution >= 0.6 is 0 Å². The Morgan fingerprint density at radius 1 is 1.17 bits per heavy atom. The lowest BCUT2D eigenvalue weighted by Gasteiger charge is -2.02. The number of hydrogen-bond acceptors (Lipinski definition) is 7. The van der Waals surface area contributed by atoms with Gasteiger partial charge < -0.3 is 14.6 Å². The third-order valence-corrected chi connectivity index (χ3v) is 3.00. The van der Waals surface area contributed by atoms with E-state index in [1.54, 1.807) is 6.92 Å². The highest BCUT2D eigenvalue weighted by atomic mass is 32.2. The third-order valence-electron chi connectivity index (χ3n) is 1.97. The van der Waals surface area contributed by atoms with Crippen LogP contribution in [0, 0.1) is 0 Å². The number of carboxylic acids is 1. The summed E-state index contributed by atoms with van der Waals surface area (Å²) in [5.41, 5.74) is 0.319. The molecule has 0 aromatic heterocycles. The highest BCUT2D eigenvalue weighted by Gasteiger charge is 2.05. The van der Waals surface area contributed by atoms with E-state index in [1.807, 2.05) is 0 Å². The lowest BCUT2D eigenvalue weighted by atomic mass is 10.4. The molecule has 0 rings (SSSR count). The van der Waals surface area contributed by atoms with E-state index in [0.29, 0.717) is 12.0 Å². The third kappa shape index (κ3) is 19.8. The van der Waals surface area contributed by atoms with E-state index in [9.17, 15) is 22.8 Å². The van der Waals surface area contributed by atoms with Crippen molar-refractivity contribution in [1.82, 2.24) is 0 Å². The molecule has 0 radical (unpaired) electrons. The molecule has 0 atom stereocenters. The molecule has 1 N–H and O–H groups in total. The summed E-state index contributed by atoms with van der Waals surface area (Å²) in [6.07, 6.45) is 2.30. The van der Waals surface area contributed by atoms with E-state index >= 15 is 0 Å². The monoisotopic (exact) mass is 350 g/mol. The van der Waals surface area contributed by atoms with Gasteiger partial charge in [-0.2, -0.15) is 0 Å². The fourth-order valence-corrected chi connectivity index (χ4v) is 1.55. The van der Waals surface area contributed by atoms with Crippen molar-refractivity contribution in [3.63, 3.8) is 0 Å². The Morgan fingerprint density at radius 2 is 1.74 bits per heavy atom. The van der Waals surface area contributed by atoms with Crippen molar-refractivity contribution in [2.24, 2.45) is 0 Å². The van der Waals surface area contributed by atoms with Gasteiger partial charge in [0, 0.05) is 17.9 Å². The van der Waals surface area contributed by atoms with Crippen molar-refractivity contribution >= 4 is 27.7 Å². The molecule has 0 aliphatic heterocycles. The number of sulfone groups is 1. The summed E-state index contributed by atoms with van der Waals surface area (Å²) >= 11 is 0. The second kappa shape index (κ2) is 12.4. The maximum atomic E-state index is 10.8. The van der Waals surface area contributed by atoms with E-state index in [4.69, 9.17) is 9.84 Å². The van der Waals surface area contributed by atoms with Gasteiger partial charge in [-0.3, -0.25) is 4.79 Å². The average molecular weight is 350 g/mol. The van der Waals surface area contributed by atoms with Gasteiger partial charge in [-0.25, -0.2) is 18.0 Å². The fraction of sp³-hybridized carbons (Fsp3) is 0.500. The summed E-state index contributed by atoms with van der Waals surface area (Å²) in [5.74, 6) is -2.03.